The molecule has 1 aliphatic rings. The summed E-state index contributed by atoms with van der Waals surface area (Å²) in [5.74, 6) is -0.0535. The van der Waals surface area contributed by atoms with Gasteiger partial charge in [-0.1, -0.05) is 45.5 Å². The van der Waals surface area contributed by atoms with Gasteiger partial charge in [0.25, 0.3) is 0 Å². The van der Waals surface area contributed by atoms with E-state index in [9.17, 15) is 0 Å². The van der Waals surface area contributed by atoms with Crippen molar-refractivity contribution < 1.29 is 0 Å². The fourth-order valence-electron chi connectivity index (χ4n) is 1.92. The molecule has 19 heavy (non-hydrogen) atoms. The standard InChI is InChI=1S/C15H10BrNS2/c1-9(8-17)10-2-4-12-14(6-10)18-13-5-3-11(16)7-15(13)19-12/h2-7,9H,1H3. The molecule has 94 valence electrons. The van der Waals surface area contributed by atoms with Crippen molar-refractivity contribution in [3.8, 4) is 6.07 Å². The van der Waals surface area contributed by atoms with Gasteiger partial charge in [0.2, 0.25) is 0 Å². The van der Waals surface area contributed by atoms with Gasteiger partial charge in [0.1, 0.15) is 0 Å². The van der Waals surface area contributed by atoms with Crippen LogP contribution in [0.1, 0.15) is 18.4 Å². The molecule has 2 aromatic rings. The van der Waals surface area contributed by atoms with E-state index in [1.807, 2.05) is 6.92 Å². The number of nitriles is 1. The second kappa shape index (κ2) is 5.24. The van der Waals surface area contributed by atoms with Gasteiger partial charge in [-0.3, -0.25) is 0 Å². The minimum Gasteiger partial charge on any atom is -0.198 e. The monoisotopic (exact) mass is 347 g/mol. The molecule has 0 fully saturated rings. The Morgan fingerprint density at radius 2 is 1.63 bits per heavy atom. The molecule has 0 bridgehead atoms. The van der Waals surface area contributed by atoms with E-state index in [0.29, 0.717) is 0 Å². The van der Waals surface area contributed by atoms with Crippen molar-refractivity contribution >= 4 is 39.5 Å². The number of hydrogen-bond acceptors (Lipinski definition) is 3. The average Bonchev–Trinajstić information content (AvgIpc) is 2.43. The van der Waals surface area contributed by atoms with Gasteiger partial charge in [-0.15, -0.1) is 0 Å². The summed E-state index contributed by atoms with van der Waals surface area (Å²) in [6.45, 7) is 1.94. The van der Waals surface area contributed by atoms with Crippen molar-refractivity contribution in [3.63, 3.8) is 0 Å². The summed E-state index contributed by atoms with van der Waals surface area (Å²) in [5.41, 5.74) is 1.09. The lowest BCUT2D eigenvalue weighted by Gasteiger charge is -2.19. The highest BCUT2D eigenvalue weighted by molar-refractivity contribution is 9.10. The van der Waals surface area contributed by atoms with Gasteiger partial charge < -0.3 is 0 Å². The first kappa shape index (κ1) is 13.1. The summed E-state index contributed by atoms with van der Waals surface area (Å²) >= 11 is 7.08. The van der Waals surface area contributed by atoms with Crippen molar-refractivity contribution in [2.75, 3.05) is 0 Å². The molecule has 0 spiro atoms. The van der Waals surface area contributed by atoms with E-state index in [1.54, 1.807) is 23.5 Å². The van der Waals surface area contributed by atoms with Crippen LogP contribution in [0.15, 0.2) is 60.5 Å². The normalized spacial score (nSPS) is 14.2. The van der Waals surface area contributed by atoms with Crippen molar-refractivity contribution in [2.45, 2.75) is 32.4 Å². The lowest BCUT2D eigenvalue weighted by Crippen LogP contribution is -1.94. The molecule has 0 radical (unpaired) electrons. The maximum atomic E-state index is 9.01. The van der Waals surface area contributed by atoms with Gasteiger partial charge in [-0.05, 0) is 42.8 Å². The van der Waals surface area contributed by atoms with E-state index < -0.39 is 0 Å². The summed E-state index contributed by atoms with van der Waals surface area (Å²) < 4.78 is 1.11. The molecule has 0 saturated heterocycles. The molecule has 1 nitrogen and oxygen atoms in total. The smallest absolute Gasteiger partial charge is 0.0700 e. The molecule has 1 aliphatic heterocycles. The number of benzene rings is 2. The first-order chi connectivity index (χ1) is 9.17. The van der Waals surface area contributed by atoms with Gasteiger partial charge in [0, 0.05) is 24.1 Å². The maximum absolute atomic E-state index is 9.01. The predicted molar refractivity (Wildman–Crippen MR) is 82.9 cm³/mol. The molecule has 0 N–H and O–H groups in total. The second-order valence-corrected chi connectivity index (χ2v) is 7.44. The SMILES string of the molecule is CC(C#N)c1ccc2c(c1)Sc1ccc(Br)cc1S2. The zero-order valence-corrected chi connectivity index (χ0v) is 13.4. The van der Waals surface area contributed by atoms with E-state index in [0.717, 1.165) is 10.0 Å². The Morgan fingerprint density at radius 1 is 1.00 bits per heavy atom. The molecule has 1 unspecified atom stereocenters. The Labute approximate surface area is 129 Å². The third kappa shape index (κ3) is 2.55. The maximum Gasteiger partial charge on any atom is 0.0700 e. The molecule has 3 rings (SSSR count). The van der Waals surface area contributed by atoms with E-state index in [1.165, 1.54) is 19.6 Å². The summed E-state index contributed by atoms with van der Waals surface area (Å²) in [4.78, 5) is 5.08. The highest BCUT2D eigenvalue weighted by Crippen LogP contribution is 2.49. The largest absolute Gasteiger partial charge is 0.198 e. The van der Waals surface area contributed by atoms with Crippen LogP contribution in [0.5, 0.6) is 0 Å². The molecule has 1 atom stereocenters. The molecule has 0 saturated carbocycles. The number of hydrogen-bond donors (Lipinski definition) is 0. The van der Waals surface area contributed by atoms with E-state index in [4.69, 9.17) is 5.26 Å². The van der Waals surface area contributed by atoms with Crippen LogP contribution in [-0.2, 0) is 0 Å². The molecule has 1 heterocycles. The predicted octanol–water partition coefficient (Wildman–Crippen LogP) is 5.69. The fraction of sp³-hybridized carbons (Fsp3) is 0.133. The Bertz CT molecular complexity index is 691. The van der Waals surface area contributed by atoms with Crippen LogP contribution in [0.3, 0.4) is 0 Å². The van der Waals surface area contributed by atoms with Crippen LogP contribution in [0.25, 0.3) is 0 Å². The van der Waals surface area contributed by atoms with Gasteiger partial charge in [0.15, 0.2) is 0 Å². The van der Waals surface area contributed by atoms with Crippen molar-refractivity contribution in [3.05, 3.63) is 46.4 Å². The Kier molecular flexibility index (Phi) is 3.62. The summed E-state index contributed by atoms with van der Waals surface area (Å²) in [5, 5.41) is 9.01. The van der Waals surface area contributed by atoms with E-state index >= 15 is 0 Å². The van der Waals surface area contributed by atoms with Crippen LogP contribution in [0, 0.1) is 11.3 Å². The first-order valence-electron chi connectivity index (χ1n) is 5.86. The third-order valence-corrected chi connectivity index (χ3v) is 6.03. The molecular weight excluding hydrogens is 338 g/mol. The lowest BCUT2D eigenvalue weighted by molar-refractivity contribution is 0.963. The first-order valence-corrected chi connectivity index (χ1v) is 8.29. The summed E-state index contributed by atoms with van der Waals surface area (Å²) in [6.07, 6.45) is 0. The molecular formula is C15H10BrNS2. The van der Waals surface area contributed by atoms with Gasteiger partial charge in [-0.25, -0.2) is 0 Å². The summed E-state index contributed by atoms with van der Waals surface area (Å²) in [6, 6.07) is 15.0. The van der Waals surface area contributed by atoms with Crippen LogP contribution in [0.2, 0.25) is 0 Å². The zero-order chi connectivity index (χ0) is 13.4. The number of rotatable bonds is 1. The minimum absolute atomic E-state index is 0.0535. The molecule has 0 aliphatic carbocycles. The molecule has 4 heteroatoms. The Morgan fingerprint density at radius 3 is 2.32 bits per heavy atom. The fourth-order valence-corrected chi connectivity index (χ4v) is 4.71. The van der Waals surface area contributed by atoms with E-state index in [-0.39, 0.29) is 5.92 Å². The zero-order valence-electron chi connectivity index (χ0n) is 10.2. The lowest BCUT2D eigenvalue weighted by atomic mass is 10.0. The van der Waals surface area contributed by atoms with Crippen molar-refractivity contribution in [2.24, 2.45) is 0 Å². The second-order valence-electron chi connectivity index (χ2n) is 4.35. The van der Waals surface area contributed by atoms with Crippen LogP contribution in [0.4, 0.5) is 0 Å². The topological polar surface area (TPSA) is 23.8 Å². The van der Waals surface area contributed by atoms with Gasteiger partial charge >= 0.3 is 0 Å². The highest BCUT2D eigenvalue weighted by atomic mass is 79.9. The van der Waals surface area contributed by atoms with Gasteiger partial charge in [-0.2, -0.15) is 5.26 Å². The van der Waals surface area contributed by atoms with Crippen LogP contribution >= 0.6 is 39.5 Å². The van der Waals surface area contributed by atoms with E-state index in [2.05, 4.69) is 58.4 Å². The quantitative estimate of drug-likeness (QED) is 0.564. The molecule has 0 aromatic heterocycles. The molecule has 2 aromatic carbocycles. The number of fused-ring (bicyclic) bond motifs is 2. The average molecular weight is 348 g/mol. The van der Waals surface area contributed by atoms with Crippen molar-refractivity contribution in [1.29, 1.82) is 5.26 Å². The Hall–Kier alpha value is -0.890. The van der Waals surface area contributed by atoms with Crippen LogP contribution in [-0.4, -0.2) is 0 Å². The molecule has 0 amide bonds. The Balaban J connectivity index is 2.01. The number of nitrogens with zero attached hydrogens (tertiary/aromatic N) is 1. The third-order valence-electron chi connectivity index (χ3n) is 3.01. The van der Waals surface area contributed by atoms with Gasteiger partial charge in [0.05, 0.1) is 12.0 Å². The van der Waals surface area contributed by atoms with Crippen molar-refractivity contribution in [1.82, 2.24) is 0 Å². The van der Waals surface area contributed by atoms with Crippen LogP contribution < -0.4 is 0 Å². The summed E-state index contributed by atoms with van der Waals surface area (Å²) in [7, 11) is 0. The number of halogens is 1. The highest BCUT2D eigenvalue weighted by Gasteiger charge is 2.18. The minimum atomic E-state index is -0.0535.